The number of rotatable bonds is 9. The van der Waals surface area contributed by atoms with Crippen molar-refractivity contribution in [2.45, 2.75) is 25.9 Å². The monoisotopic (exact) mass is 433 g/mol. The van der Waals surface area contributed by atoms with Crippen LogP contribution in [-0.4, -0.2) is 61.8 Å². The Morgan fingerprint density at radius 2 is 2.13 bits per heavy atom. The predicted molar refractivity (Wildman–Crippen MR) is 118 cm³/mol. The molecule has 162 valence electrons. The second kappa shape index (κ2) is 10.6. The average Bonchev–Trinajstić information content (AvgIpc) is 2.74. The third kappa shape index (κ3) is 5.38. The molecule has 2 aromatic rings. The topological polar surface area (TPSA) is 107 Å². The smallest absolute Gasteiger partial charge is 0.226 e. The minimum Gasteiger partial charge on any atom is -0.474 e. The van der Waals surface area contributed by atoms with Gasteiger partial charge in [0.05, 0.1) is 31.1 Å². The van der Waals surface area contributed by atoms with E-state index in [9.17, 15) is 0 Å². The molecule has 1 aliphatic rings. The van der Waals surface area contributed by atoms with Crippen LogP contribution in [0.4, 0.5) is 11.5 Å². The molecule has 3 heterocycles. The van der Waals surface area contributed by atoms with Gasteiger partial charge in [-0.1, -0.05) is 11.6 Å². The number of anilines is 2. The highest BCUT2D eigenvalue weighted by molar-refractivity contribution is 6.30. The number of nitrogen functional groups attached to an aromatic ring is 1. The molecule has 1 saturated heterocycles. The van der Waals surface area contributed by atoms with Gasteiger partial charge in [0.25, 0.3) is 0 Å². The first-order valence-electron chi connectivity index (χ1n) is 10.0. The van der Waals surface area contributed by atoms with Crippen molar-refractivity contribution in [1.82, 2.24) is 9.97 Å². The molecule has 0 aromatic carbocycles. The molecular weight excluding hydrogens is 406 g/mol. The van der Waals surface area contributed by atoms with Gasteiger partial charge in [0.15, 0.2) is 0 Å². The van der Waals surface area contributed by atoms with E-state index in [0.29, 0.717) is 43.2 Å². The number of aromatic nitrogens is 2. The maximum absolute atomic E-state index is 8.83. The number of nitrogens with one attached hydrogen (secondary N) is 1. The molecule has 0 aliphatic carbocycles. The van der Waals surface area contributed by atoms with E-state index in [4.69, 9.17) is 37.0 Å². The zero-order chi connectivity index (χ0) is 21.5. The minimum atomic E-state index is -0.0479. The molecule has 0 spiro atoms. The predicted octanol–water partition coefficient (Wildman–Crippen LogP) is 3.16. The summed E-state index contributed by atoms with van der Waals surface area (Å²) in [5, 5.41) is 9.07. The van der Waals surface area contributed by atoms with Crippen molar-refractivity contribution >= 4 is 28.8 Å². The number of methoxy groups -OCH3 is 1. The van der Waals surface area contributed by atoms with Gasteiger partial charge in [-0.15, -0.1) is 0 Å². The molecule has 3 rings (SSSR count). The number of hydrogen-bond acceptors (Lipinski definition) is 8. The number of hydrogen-bond donors (Lipinski definition) is 2. The van der Waals surface area contributed by atoms with Gasteiger partial charge in [0.1, 0.15) is 17.1 Å². The van der Waals surface area contributed by atoms with E-state index in [0.717, 1.165) is 25.2 Å². The number of nitrogens with two attached hydrogens (primary N) is 1. The Kier molecular flexibility index (Phi) is 7.84. The molecule has 0 atom stereocenters. The fraction of sp³-hybridized carbons (Fsp3) is 0.476. The van der Waals surface area contributed by atoms with Crippen LogP contribution in [0.2, 0.25) is 5.15 Å². The molecule has 3 N–H and O–H groups in total. The van der Waals surface area contributed by atoms with E-state index in [-0.39, 0.29) is 22.8 Å². The van der Waals surface area contributed by atoms with Crippen LogP contribution in [-0.2, 0) is 9.47 Å². The first kappa shape index (κ1) is 22.3. The van der Waals surface area contributed by atoms with Crippen molar-refractivity contribution in [2.75, 3.05) is 50.7 Å². The quantitative estimate of drug-likeness (QED) is 0.462. The van der Waals surface area contributed by atoms with Crippen LogP contribution in [0.5, 0.6) is 5.88 Å². The number of pyridine rings is 2. The normalized spacial score (nSPS) is 14.5. The van der Waals surface area contributed by atoms with Crippen LogP contribution >= 0.6 is 11.6 Å². The van der Waals surface area contributed by atoms with Gasteiger partial charge in [-0.2, -0.15) is 0 Å². The first-order valence-corrected chi connectivity index (χ1v) is 10.4. The fourth-order valence-electron chi connectivity index (χ4n) is 3.32. The van der Waals surface area contributed by atoms with Gasteiger partial charge in [0, 0.05) is 50.5 Å². The summed E-state index contributed by atoms with van der Waals surface area (Å²) in [4.78, 5) is 10.9. The van der Waals surface area contributed by atoms with Crippen LogP contribution in [0.15, 0.2) is 24.4 Å². The summed E-state index contributed by atoms with van der Waals surface area (Å²) in [6.45, 7) is 5.39. The van der Waals surface area contributed by atoms with Crippen molar-refractivity contribution < 1.29 is 14.2 Å². The van der Waals surface area contributed by atoms with E-state index in [1.54, 1.807) is 25.4 Å². The molecule has 0 saturated carbocycles. The van der Waals surface area contributed by atoms with Crippen LogP contribution in [0.25, 0.3) is 0 Å². The lowest BCUT2D eigenvalue weighted by Crippen LogP contribution is -2.28. The second-order valence-corrected chi connectivity index (χ2v) is 7.38. The summed E-state index contributed by atoms with van der Waals surface area (Å²) in [5.41, 5.74) is 7.91. The van der Waals surface area contributed by atoms with E-state index < -0.39 is 0 Å². The van der Waals surface area contributed by atoms with Gasteiger partial charge in [0.2, 0.25) is 5.88 Å². The molecule has 0 unspecified atom stereocenters. The summed E-state index contributed by atoms with van der Waals surface area (Å²) in [6.07, 6.45) is 3.15. The Labute approximate surface area is 181 Å². The number of ether oxygens (including phenoxy) is 3. The van der Waals surface area contributed by atoms with E-state index in [2.05, 4.69) is 21.8 Å². The summed E-state index contributed by atoms with van der Waals surface area (Å²) in [7, 11) is 1.67. The van der Waals surface area contributed by atoms with E-state index in [1.165, 1.54) is 0 Å². The van der Waals surface area contributed by atoms with Gasteiger partial charge < -0.3 is 24.8 Å². The Morgan fingerprint density at radius 1 is 1.37 bits per heavy atom. The van der Waals surface area contributed by atoms with Crippen LogP contribution in [0.3, 0.4) is 0 Å². The SMILES string of the molecule is CCN(CCOC)c1cc(C(=N)c2c(N)cc(Cl)nc2OC2CCOCC2)ccn1. The molecule has 9 heteroatoms. The van der Waals surface area contributed by atoms with E-state index in [1.807, 2.05) is 6.07 Å². The Morgan fingerprint density at radius 3 is 2.83 bits per heavy atom. The lowest BCUT2D eigenvalue weighted by Gasteiger charge is -2.25. The fourth-order valence-corrected chi connectivity index (χ4v) is 3.52. The molecule has 0 bridgehead atoms. The largest absolute Gasteiger partial charge is 0.474 e. The Hall–Kier alpha value is -2.42. The first-order chi connectivity index (χ1) is 14.5. The lowest BCUT2D eigenvalue weighted by atomic mass is 10.0. The highest BCUT2D eigenvalue weighted by Gasteiger charge is 2.23. The molecule has 1 aliphatic heterocycles. The van der Waals surface area contributed by atoms with Crippen LogP contribution < -0.4 is 15.4 Å². The summed E-state index contributed by atoms with van der Waals surface area (Å²) in [6, 6.07) is 5.19. The maximum Gasteiger partial charge on any atom is 0.226 e. The van der Waals surface area contributed by atoms with Gasteiger partial charge in [-0.05, 0) is 25.1 Å². The third-order valence-corrected chi connectivity index (χ3v) is 5.18. The van der Waals surface area contributed by atoms with Gasteiger partial charge >= 0.3 is 0 Å². The molecule has 30 heavy (non-hydrogen) atoms. The number of nitrogens with zero attached hydrogens (tertiary/aromatic N) is 3. The molecular formula is C21H28ClN5O3. The third-order valence-electron chi connectivity index (χ3n) is 4.99. The second-order valence-electron chi connectivity index (χ2n) is 6.99. The van der Waals surface area contributed by atoms with Crippen LogP contribution in [0, 0.1) is 5.41 Å². The van der Waals surface area contributed by atoms with Crippen molar-refractivity contribution in [3.63, 3.8) is 0 Å². The van der Waals surface area contributed by atoms with Gasteiger partial charge in [-0.25, -0.2) is 9.97 Å². The average molecular weight is 434 g/mol. The van der Waals surface area contributed by atoms with E-state index >= 15 is 0 Å². The number of likely N-dealkylation sites (N-methyl/N-ethyl adjacent to an activating group) is 1. The Bertz CT molecular complexity index is 874. The summed E-state index contributed by atoms with van der Waals surface area (Å²) < 4.78 is 16.7. The van der Waals surface area contributed by atoms with Crippen molar-refractivity contribution in [3.8, 4) is 5.88 Å². The maximum atomic E-state index is 8.83. The molecule has 0 radical (unpaired) electrons. The van der Waals surface area contributed by atoms with Crippen molar-refractivity contribution in [1.29, 1.82) is 5.41 Å². The van der Waals surface area contributed by atoms with Crippen molar-refractivity contribution in [2.24, 2.45) is 0 Å². The standard InChI is InChI=1S/C21H28ClN5O3/c1-3-27(8-11-28-2)18-12-14(4-7-25-18)20(24)19-16(23)13-17(22)26-21(19)30-15-5-9-29-10-6-15/h4,7,12-13,15,24H,3,5-6,8-11H2,1-2H3,(H2,23,26). The lowest BCUT2D eigenvalue weighted by molar-refractivity contribution is 0.0237. The van der Waals surface area contributed by atoms with Crippen LogP contribution in [0.1, 0.15) is 30.9 Å². The van der Waals surface area contributed by atoms with Crippen molar-refractivity contribution in [3.05, 3.63) is 40.7 Å². The summed E-state index contributed by atoms with van der Waals surface area (Å²) >= 11 is 6.13. The molecule has 0 amide bonds. The minimum absolute atomic E-state index is 0.0479. The zero-order valence-corrected chi connectivity index (χ0v) is 18.1. The molecule has 1 fully saturated rings. The zero-order valence-electron chi connectivity index (χ0n) is 17.4. The van der Waals surface area contributed by atoms with Gasteiger partial charge in [-0.3, -0.25) is 5.41 Å². The highest BCUT2D eigenvalue weighted by atomic mass is 35.5. The molecule has 2 aromatic heterocycles. The Balaban J connectivity index is 1.91. The number of halogens is 1. The molecule has 8 nitrogen and oxygen atoms in total. The highest BCUT2D eigenvalue weighted by Crippen LogP contribution is 2.30. The summed E-state index contributed by atoms with van der Waals surface area (Å²) in [5.74, 6) is 1.05.